The number of carboxylic acid groups (broad SMARTS) is 1. The summed E-state index contributed by atoms with van der Waals surface area (Å²) in [5.74, 6) is -0.175. The van der Waals surface area contributed by atoms with Crippen LogP contribution in [0.2, 0.25) is 0 Å². The van der Waals surface area contributed by atoms with Crippen LogP contribution in [0.3, 0.4) is 0 Å². The maximum absolute atomic E-state index is 12.9. The zero-order valence-corrected chi connectivity index (χ0v) is 11.0. The summed E-state index contributed by atoms with van der Waals surface area (Å²) in [4.78, 5) is 17.7. The molecule has 0 aliphatic rings. The molecular weight excluding hydrogens is 331 g/mol. The van der Waals surface area contributed by atoms with E-state index < -0.39 is 17.8 Å². The Morgan fingerprint density at radius 3 is 2.63 bits per heavy atom. The highest BCUT2D eigenvalue weighted by atomic mass is 79.9. The maximum Gasteiger partial charge on any atom is 0.418 e. The molecule has 1 heterocycles. The van der Waals surface area contributed by atoms with E-state index in [-0.39, 0.29) is 21.5 Å². The van der Waals surface area contributed by atoms with Crippen LogP contribution >= 0.6 is 15.9 Å². The molecule has 2 rings (SSSR count). The van der Waals surface area contributed by atoms with E-state index in [0.29, 0.717) is 4.90 Å². The molecule has 1 aromatic carbocycles. The third kappa shape index (κ3) is 2.50. The zero-order chi connectivity index (χ0) is 14.4. The molecule has 9 heteroatoms. The van der Waals surface area contributed by atoms with Crippen LogP contribution in [0.4, 0.5) is 23.9 Å². The molecule has 5 nitrogen and oxygen atoms in total. The van der Waals surface area contributed by atoms with Crippen LogP contribution in [0, 0.1) is 0 Å². The van der Waals surface area contributed by atoms with Gasteiger partial charge in [0, 0.05) is 11.5 Å². The van der Waals surface area contributed by atoms with Gasteiger partial charge in [-0.3, -0.25) is 4.90 Å². The number of nitrogens with zero attached hydrogens (tertiary/aromatic N) is 2. The van der Waals surface area contributed by atoms with E-state index in [0.717, 1.165) is 6.07 Å². The molecule has 0 aliphatic carbocycles. The van der Waals surface area contributed by atoms with Crippen LogP contribution in [-0.2, 0) is 6.18 Å². The molecule has 2 N–H and O–H groups in total. The third-order valence-corrected chi connectivity index (χ3v) is 2.91. The molecule has 19 heavy (non-hydrogen) atoms. The van der Waals surface area contributed by atoms with Crippen molar-refractivity contribution >= 4 is 39.0 Å². The zero-order valence-electron chi connectivity index (χ0n) is 9.42. The number of halogens is 4. The Labute approximate surface area is 113 Å². The van der Waals surface area contributed by atoms with Gasteiger partial charge in [-0.05, 0) is 12.1 Å². The van der Waals surface area contributed by atoms with Crippen molar-refractivity contribution in [2.75, 3.05) is 11.9 Å². The molecular formula is C10H7BrF3N3O2. The molecule has 0 bridgehead atoms. The van der Waals surface area contributed by atoms with Crippen molar-refractivity contribution in [3.63, 3.8) is 0 Å². The van der Waals surface area contributed by atoms with Crippen molar-refractivity contribution < 1.29 is 23.1 Å². The van der Waals surface area contributed by atoms with Gasteiger partial charge < -0.3 is 10.1 Å². The second-order valence-corrected chi connectivity index (χ2v) is 4.66. The number of fused-ring (bicyclic) bond motifs is 1. The Kier molecular flexibility index (Phi) is 3.17. The van der Waals surface area contributed by atoms with Crippen molar-refractivity contribution in [3.05, 3.63) is 22.2 Å². The Balaban J connectivity index is 2.68. The molecule has 1 amide bonds. The van der Waals surface area contributed by atoms with Crippen molar-refractivity contribution in [1.29, 1.82) is 0 Å². The van der Waals surface area contributed by atoms with E-state index in [9.17, 15) is 18.0 Å². The van der Waals surface area contributed by atoms with E-state index in [1.165, 1.54) is 13.1 Å². The minimum atomic E-state index is -4.56. The SMILES string of the molecule is CN(C(=O)O)c1nc2cc(Br)cc(C(F)(F)F)c2[nH]1. The van der Waals surface area contributed by atoms with Gasteiger partial charge in [-0.15, -0.1) is 0 Å². The lowest BCUT2D eigenvalue weighted by Crippen LogP contribution is -2.24. The molecule has 0 radical (unpaired) electrons. The number of H-pyrrole nitrogens is 1. The van der Waals surface area contributed by atoms with Crippen molar-refractivity contribution in [2.24, 2.45) is 0 Å². The number of hydrogen-bond donors (Lipinski definition) is 2. The molecule has 2 aromatic rings. The first-order valence-corrected chi connectivity index (χ1v) is 5.72. The van der Waals surface area contributed by atoms with Gasteiger partial charge in [0.15, 0.2) is 0 Å². The highest BCUT2D eigenvalue weighted by Gasteiger charge is 2.34. The smallest absolute Gasteiger partial charge is 0.418 e. The predicted octanol–water partition coefficient (Wildman–Crippen LogP) is 3.46. The largest absolute Gasteiger partial charge is 0.465 e. The summed E-state index contributed by atoms with van der Waals surface area (Å²) >= 11 is 2.97. The lowest BCUT2D eigenvalue weighted by atomic mass is 10.2. The van der Waals surface area contributed by atoms with Gasteiger partial charge >= 0.3 is 12.3 Å². The number of carbonyl (C=O) groups is 1. The highest BCUT2D eigenvalue weighted by molar-refractivity contribution is 9.10. The molecule has 102 valence electrons. The lowest BCUT2D eigenvalue weighted by Gasteiger charge is -2.08. The summed E-state index contributed by atoms with van der Waals surface area (Å²) in [5.41, 5.74) is -1.13. The monoisotopic (exact) mass is 337 g/mol. The van der Waals surface area contributed by atoms with Gasteiger partial charge in [-0.25, -0.2) is 9.78 Å². The minimum Gasteiger partial charge on any atom is -0.465 e. The number of anilines is 1. The normalized spacial score (nSPS) is 11.8. The van der Waals surface area contributed by atoms with Crippen LogP contribution in [-0.4, -0.2) is 28.2 Å². The highest BCUT2D eigenvalue weighted by Crippen LogP contribution is 2.36. The van der Waals surface area contributed by atoms with E-state index in [4.69, 9.17) is 5.11 Å². The first-order chi connectivity index (χ1) is 8.70. The number of imidazole rings is 1. The van der Waals surface area contributed by atoms with Crippen LogP contribution in [0.1, 0.15) is 5.56 Å². The van der Waals surface area contributed by atoms with Gasteiger partial charge in [0.05, 0.1) is 16.6 Å². The Morgan fingerprint density at radius 2 is 2.11 bits per heavy atom. The average Bonchev–Trinajstić information content (AvgIpc) is 2.68. The molecule has 0 saturated heterocycles. The fourth-order valence-electron chi connectivity index (χ4n) is 1.54. The number of amides is 1. The van der Waals surface area contributed by atoms with Crippen LogP contribution in [0.15, 0.2) is 16.6 Å². The molecule has 0 aliphatic heterocycles. The lowest BCUT2D eigenvalue weighted by molar-refractivity contribution is -0.136. The molecule has 1 aromatic heterocycles. The number of rotatable bonds is 1. The van der Waals surface area contributed by atoms with Gasteiger partial charge in [-0.1, -0.05) is 15.9 Å². The Bertz CT molecular complexity index is 653. The topological polar surface area (TPSA) is 69.2 Å². The molecule has 0 atom stereocenters. The number of benzene rings is 1. The number of nitrogens with one attached hydrogen (secondary N) is 1. The number of alkyl halides is 3. The summed E-state index contributed by atoms with van der Waals surface area (Å²) in [6.07, 6.45) is -5.89. The fourth-order valence-corrected chi connectivity index (χ4v) is 1.98. The molecule has 0 fully saturated rings. The summed E-state index contributed by atoms with van der Waals surface area (Å²) in [7, 11) is 1.18. The maximum atomic E-state index is 12.9. The average molecular weight is 338 g/mol. The summed E-state index contributed by atoms with van der Waals surface area (Å²) in [6, 6.07) is 2.28. The van der Waals surface area contributed by atoms with Gasteiger partial charge in [0.1, 0.15) is 0 Å². The van der Waals surface area contributed by atoms with Gasteiger partial charge in [0.2, 0.25) is 5.95 Å². The number of aromatic nitrogens is 2. The Morgan fingerprint density at radius 1 is 1.47 bits per heavy atom. The number of aromatic amines is 1. The standard InChI is InChI=1S/C10H7BrF3N3O2/c1-17(9(18)19)8-15-6-3-4(11)2-5(7(6)16-8)10(12,13)14/h2-3H,1H3,(H,15,16)(H,18,19). The predicted molar refractivity (Wildman–Crippen MR) is 65.2 cm³/mol. The first-order valence-electron chi connectivity index (χ1n) is 4.93. The van der Waals surface area contributed by atoms with Crippen LogP contribution in [0.25, 0.3) is 11.0 Å². The number of hydrogen-bond acceptors (Lipinski definition) is 2. The van der Waals surface area contributed by atoms with Crippen LogP contribution in [0.5, 0.6) is 0 Å². The van der Waals surface area contributed by atoms with Crippen LogP contribution < -0.4 is 4.90 Å². The Hall–Kier alpha value is -1.77. The quantitative estimate of drug-likeness (QED) is 0.837. The van der Waals surface area contributed by atoms with E-state index >= 15 is 0 Å². The summed E-state index contributed by atoms with van der Waals surface area (Å²) in [6.45, 7) is 0. The van der Waals surface area contributed by atoms with Crippen molar-refractivity contribution in [1.82, 2.24) is 9.97 Å². The van der Waals surface area contributed by atoms with E-state index in [1.807, 2.05) is 0 Å². The fraction of sp³-hybridized carbons (Fsp3) is 0.200. The second kappa shape index (κ2) is 4.41. The second-order valence-electron chi connectivity index (χ2n) is 3.75. The minimum absolute atomic E-state index is 0.0322. The van der Waals surface area contributed by atoms with Crippen molar-refractivity contribution in [2.45, 2.75) is 6.18 Å². The van der Waals surface area contributed by atoms with Crippen molar-refractivity contribution in [3.8, 4) is 0 Å². The summed E-state index contributed by atoms with van der Waals surface area (Å²) < 4.78 is 38.8. The third-order valence-electron chi connectivity index (χ3n) is 2.46. The van der Waals surface area contributed by atoms with Gasteiger partial charge in [0.25, 0.3) is 0 Å². The molecule has 0 spiro atoms. The van der Waals surface area contributed by atoms with Gasteiger partial charge in [-0.2, -0.15) is 13.2 Å². The summed E-state index contributed by atoms with van der Waals surface area (Å²) in [5, 5.41) is 8.78. The molecule has 0 unspecified atom stereocenters. The van der Waals surface area contributed by atoms with E-state index in [2.05, 4.69) is 25.9 Å². The van der Waals surface area contributed by atoms with E-state index in [1.54, 1.807) is 0 Å². The first kappa shape index (κ1) is 13.7. The molecule has 0 saturated carbocycles.